The van der Waals surface area contributed by atoms with Crippen LogP contribution in [-0.4, -0.2) is 63.5 Å². The number of hydrogen-bond donors (Lipinski definition) is 0. The van der Waals surface area contributed by atoms with Gasteiger partial charge in [0.05, 0.1) is 32.2 Å². The first kappa shape index (κ1) is 38.9. The number of hydrogen-bond acceptors (Lipinski definition) is 6. The van der Waals surface area contributed by atoms with Gasteiger partial charge < -0.3 is 18.8 Å². The molecule has 0 saturated heterocycles. The summed E-state index contributed by atoms with van der Waals surface area (Å²) in [7, 11) is -2.58. The second kappa shape index (κ2) is 15.1. The standard InChI is InChI=1S/C21H21O3S.C8H9F9O3S/c1-22-16-4-10-19(11-5-16)25(20-12-6-17(23-2)7-13-20)21-14-8-18(24-3)9-15-21;1-2-3-4(9)5(10,11)6(12,13)7(14,15)8(16,17)21(18,19)20/h4-15H,1-3H3;4H,2-3H2,1H3,(H,18,19,20)/q+1;/p-1. The molecule has 256 valence electrons. The summed E-state index contributed by atoms with van der Waals surface area (Å²) in [5.74, 6) is -18.2. The Morgan fingerprint density at radius 2 is 0.957 bits per heavy atom. The summed E-state index contributed by atoms with van der Waals surface area (Å²) in [6.07, 6.45) is -5.85. The predicted octanol–water partition coefficient (Wildman–Crippen LogP) is 7.98. The highest BCUT2D eigenvalue weighted by Gasteiger charge is 2.84. The Balaban J connectivity index is 0.000000327. The van der Waals surface area contributed by atoms with Crippen molar-refractivity contribution in [2.24, 2.45) is 0 Å². The summed E-state index contributed by atoms with van der Waals surface area (Å²) in [5, 5.41) is -7.06. The molecule has 0 fully saturated rings. The maximum absolute atomic E-state index is 13.0. The number of halogens is 9. The van der Waals surface area contributed by atoms with Gasteiger partial charge in [0, 0.05) is 0 Å². The van der Waals surface area contributed by atoms with E-state index < -0.39 is 52.2 Å². The summed E-state index contributed by atoms with van der Waals surface area (Å²) in [6, 6.07) is 24.7. The summed E-state index contributed by atoms with van der Waals surface area (Å²) < 4.78 is 161. The van der Waals surface area contributed by atoms with Crippen LogP contribution in [0, 0.1) is 0 Å². The lowest BCUT2D eigenvalue weighted by Gasteiger charge is -2.38. The number of ether oxygens (including phenoxy) is 3. The van der Waals surface area contributed by atoms with Crippen molar-refractivity contribution in [1.82, 2.24) is 0 Å². The predicted molar refractivity (Wildman–Crippen MR) is 150 cm³/mol. The molecule has 0 aliphatic rings. The van der Waals surface area contributed by atoms with Gasteiger partial charge >= 0.3 is 23.0 Å². The van der Waals surface area contributed by atoms with Crippen molar-refractivity contribution in [2.45, 2.75) is 63.6 Å². The van der Waals surface area contributed by atoms with Gasteiger partial charge in [-0.3, -0.25) is 0 Å². The Kier molecular flexibility index (Phi) is 12.7. The van der Waals surface area contributed by atoms with Gasteiger partial charge in [-0.2, -0.15) is 35.1 Å². The molecule has 1 atom stereocenters. The number of alkyl halides is 9. The van der Waals surface area contributed by atoms with Gasteiger partial charge in [-0.25, -0.2) is 12.8 Å². The molecule has 0 amide bonds. The summed E-state index contributed by atoms with van der Waals surface area (Å²) in [4.78, 5) is 3.70. The fourth-order valence-corrected chi connectivity index (χ4v) is 6.21. The van der Waals surface area contributed by atoms with E-state index >= 15 is 0 Å². The van der Waals surface area contributed by atoms with Crippen molar-refractivity contribution in [2.75, 3.05) is 21.3 Å². The van der Waals surface area contributed by atoms with E-state index in [0.29, 0.717) is 0 Å². The number of methoxy groups -OCH3 is 3. The third-order valence-electron chi connectivity index (χ3n) is 6.31. The summed E-state index contributed by atoms with van der Waals surface area (Å²) in [5.41, 5.74) is 0. The van der Waals surface area contributed by atoms with Crippen LogP contribution in [0.3, 0.4) is 0 Å². The highest BCUT2D eigenvalue weighted by Crippen LogP contribution is 2.55. The molecule has 0 N–H and O–H groups in total. The molecule has 3 aromatic carbocycles. The van der Waals surface area contributed by atoms with E-state index in [1.165, 1.54) is 14.7 Å². The van der Waals surface area contributed by atoms with E-state index in [4.69, 9.17) is 14.2 Å². The Hall–Kier alpha value is -3.31. The zero-order valence-corrected chi connectivity index (χ0v) is 26.2. The molecule has 3 aromatic rings. The second-order valence-electron chi connectivity index (χ2n) is 9.33. The smallest absolute Gasteiger partial charge is 0.402 e. The molecule has 0 aromatic heterocycles. The SMILES string of the molecule is CCCC(F)C(F)(F)C(F)(F)C(F)(F)C(F)(F)S(=O)(=O)[O-].COc1ccc([S+](c2ccc(OC)cc2)c2ccc(OC)cc2)cc1. The quantitative estimate of drug-likeness (QED) is 0.102. The number of benzene rings is 3. The fourth-order valence-electron chi connectivity index (χ4n) is 3.72. The topological polar surface area (TPSA) is 84.9 Å². The van der Waals surface area contributed by atoms with Gasteiger partial charge in [-0.15, -0.1) is 0 Å². The minimum absolute atomic E-state index is 0.212. The van der Waals surface area contributed by atoms with Crippen molar-refractivity contribution in [3.05, 3.63) is 72.8 Å². The van der Waals surface area contributed by atoms with E-state index in [9.17, 15) is 52.5 Å². The lowest BCUT2D eigenvalue weighted by molar-refractivity contribution is -0.359. The Bertz CT molecular complexity index is 1390. The van der Waals surface area contributed by atoms with Crippen molar-refractivity contribution < 1.29 is 66.7 Å². The van der Waals surface area contributed by atoms with Gasteiger partial charge in [0.1, 0.15) is 17.2 Å². The lowest BCUT2D eigenvalue weighted by Crippen LogP contribution is -2.66. The Morgan fingerprint density at radius 3 is 1.20 bits per heavy atom. The zero-order chi connectivity index (χ0) is 35.1. The van der Waals surface area contributed by atoms with Crippen LogP contribution < -0.4 is 14.2 Å². The molecule has 0 radical (unpaired) electrons. The highest BCUT2D eigenvalue weighted by molar-refractivity contribution is 7.97. The average Bonchev–Trinajstić information content (AvgIpc) is 3.01. The maximum Gasteiger partial charge on any atom is 0.402 e. The first-order valence-corrected chi connectivity index (χ1v) is 15.6. The minimum atomic E-state index is -7.41. The molecule has 17 heteroatoms. The van der Waals surface area contributed by atoms with Crippen LogP contribution in [0.25, 0.3) is 0 Å². The molecule has 3 rings (SSSR count). The van der Waals surface area contributed by atoms with Gasteiger partial charge in [0.2, 0.25) is 0 Å². The first-order chi connectivity index (χ1) is 21.2. The van der Waals surface area contributed by atoms with Crippen LogP contribution in [0.2, 0.25) is 0 Å². The van der Waals surface area contributed by atoms with Crippen molar-refractivity contribution in [3.63, 3.8) is 0 Å². The van der Waals surface area contributed by atoms with Crippen LogP contribution in [0.1, 0.15) is 19.8 Å². The monoisotopic (exact) mass is 708 g/mol. The fraction of sp³-hybridized carbons (Fsp3) is 0.379. The molecule has 0 heterocycles. The van der Waals surface area contributed by atoms with Crippen molar-refractivity contribution in [1.29, 1.82) is 0 Å². The third kappa shape index (κ3) is 7.97. The average molecular weight is 709 g/mol. The van der Waals surface area contributed by atoms with Gasteiger partial charge in [0.15, 0.2) is 31.0 Å². The van der Waals surface area contributed by atoms with Crippen LogP contribution in [-0.2, 0) is 21.0 Å². The van der Waals surface area contributed by atoms with Gasteiger partial charge in [-0.1, -0.05) is 13.3 Å². The first-order valence-electron chi connectivity index (χ1n) is 13.0. The van der Waals surface area contributed by atoms with Gasteiger partial charge in [0.25, 0.3) is 0 Å². The third-order valence-corrected chi connectivity index (χ3v) is 9.43. The van der Waals surface area contributed by atoms with Crippen LogP contribution >= 0.6 is 0 Å². The molecular weight excluding hydrogens is 679 g/mol. The van der Waals surface area contributed by atoms with E-state index in [0.717, 1.165) is 24.2 Å². The molecule has 0 aliphatic carbocycles. The lowest BCUT2D eigenvalue weighted by atomic mass is 9.98. The molecule has 0 bridgehead atoms. The highest BCUT2D eigenvalue weighted by atomic mass is 32.2. The van der Waals surface area contributed by atoms with Crippen LogP contribution in [0.4, 0.5) is 39.5 Å². The largest absolute Gasteiger partial charge is 0.743 e. The van der Waals surface area contributed by atoms with E-state index in [2.05, 4.69) is 36.4 Å². The van der Waals surface area contributed by atoms with E-state index in [-0.39, 0.29) is 10.9 Å². The zero-order valence-electron chi connectivity index (χ0n) is 24.6. The van der Waals surface area contributed by atoms with Crippen LogP contribution in [0.15, 0.2) is 87.5 Å². The van der Waals surface area contributed by atoms with Crippen LogP contribution in [0.5, 0.6) is 17.2 Å². The maximum atomic E-state index is 13.0. The van der Waals surface area contributed by atoms with Crippen molar-refractivity contribution in [3.8, 4) is 17.2 Å². The molecular formula is C29H29F9O6S2. The van der Waals surface area contributed by atoms with E-state index in [1.807, 2.05) is 36.4 Å². The molecule has 0 spiro atoms. The molecule has 1 unspecified atom stereocenters. The Labute approximate surface area is 262 Å². The molecule has 0 aliphatic heterocycles. The van der Waals surface area contributed by atoms with E-state index in [1.54, 1.807) is 21.3 Å². The minimum Gasteiger partial charge on any atom is -0.743 e. The molecule has 0 saturated carbocycles. The summed E-state index contributed by atoms with van der Waals surface area (Å²) in [6.45, 7) is 1.01. The summed E-state index contributed by atoms with van der Waals surface area (Å²) >= 11 is 0. The Morgan fingerprint density at radius 1 is 0.652 bits per heavy atom. The van der Waals surface area contributed by atoms with Crippen molar-refractivity contribution >= 4 is 21.0 Å². The molecule has 6 nitrogen and oxygen atoms in total. The normalized spacial score (nSPS) is 13.5. The second-order valence-corrected chi connectivity index (χ2v) is 12.8. The van der Waals surface area contributed by atoms with Gasteiger partial charge in [-0.05, 0) is 79.2 Å². The molecule has 46 heavy (non-hydrogen) atoms. The number of rotatable bonds is 13.